The van der Waals surface area contributed by atoms with E-state index in [2.05, 4.69) is 10.4 Å². The first-order valence-corrected chi connectivity index (χ1v) is 8.07. The van der Waals surface area contributed by atoms with Crippen LogP contribution in [0.3, 0.4) is 0 Å². The second-order valence-corrected chi connectivity index (χ2v) is 6.76. The Hall–Kier alpha value is -1.89. The number of hydrogen-bond donors (Lipinski definition) is 1. The average molecular weight is 321 g/mol. The van der Waals surface area contributed by atoms with Gasteiger partial charge < -0.3 is 14.8 Å². The molecule has 126 valence electrons. The normalized spacial score (nSPS) is 29.5. The summed E-state index contributed by atoms with van der Waals surface area (Å²) in [7, 11) is 0. The third kappa shape index (κ3) is 3.24. The molecule has 3 atom stereocenters. The predicted octanol–water partition coefficient (Wildman–Crippen LogP) is 1.19. The topological polar surface area (TPSA) is 82.5 Å². The van der Waals surface area contributed by atoms with E-state index in [9.17, 15) is 9.59 Å². The molecule has 7 heteroatoms. The van der Waals surface area contributed by atoms with Crippen LogP contribution in [0.1, 0.15) is 45.3 Å². The van der Waals surface area contributed by atoms with Crippen LogP contribution in [0.25, 0.3) is 0 Å². The smallest absolute Gasteiger partial charge is 0.329 e. The highest BCUT2D eigenvalue weighted by Crippen LogP contribution is 2.35. The van der Waals surface area contributed by atoms with Crippen molar-refractivity contribution in [3.05, 3.63) is 18.0 Å². The number of carbonyl (C=O) groups is 2. The minimum absolute atomic E-state index is 0.156. The third-order valence-electron chi connectivity index (χ3n) is 4.41. The van der Waals surface area contributed by atoms with Gasteiger partial charge in [-0.3, -0.25) is 9.48 Å². The molecule has 3 heterocycles. The Morgan fingerprint density at radius 2 is 2.30 bits per heavy atom. The van der Waals surface area contributed by atoms with Gasteiger partial charge >= 0.3 is 5.97 Å². The lowest BCUT2D eigenvalue weighted by Gasteiger charge is -2.19. The van der Waals surface area contributed by atoms with Crippen molar-refractivity contribution >= 4 is 11.9 Å². The highest BCUT2D eigenvalue weighted by molar-refractivity contribution is 5.87. The zero-order valence-electron chi connectivity index (χ0n) is 13.7. The number of aromatic nitrogens is 2. The number of rotatable bonds is 4. The number of ether oxygens (including phenoxy) is 2. The van der Waals surface area contributed by atoms with Crippen LogP contribution in [-0.4, -0.2) is 39.9 Å². The SMILES string of the molecule is CCn1cc([C@H]2OCC[C@@H]2C(=O)N[C@@H]2CC(C)(C)OC2=O)cn1. The molecule has 0 spiro atoms. The van der Waals surface area contributed by atoms with Crippen LogP contribution < -0.4 is 5.32 Å². The molecule has 7 nitrogen and oxygen atoms in total. The summed E-state index contributed by atoms with van der Waals surface area (Å²) in [6, 6.07) is -0.572. The Labute approximate surface area is 135 Å². The van der Waals surface area contributed by atoms with Crippen molar-refractivity contribution in [2.45, 2.75) is 57.9 Å². The quantitative estimate of drug-likeness (QED) is 0.842. The summed E-state index contributed by atoms with van der Waals surface area (Å²) in [6.07, 6.45) is 4.47. The van der Waals surface area contributed by atoms with Crippen molar-refractivity contribution < 1.29 is 19.1 Å². The monoisotopic (exact) mass is 321 g/mol. The van der Waals surface area contributed by atoms with E-state index in [1.807, 2.05) is 31.6 Å². The van der Waals surface area contributed by atoms with Crippen molar-refractivity contribution in [1.29, 1.82) is 0 Å². The zero-order chi connectivity index (χ0) is 16.6. The van der Waals surface area contributed by atoms with Gasteiger partial charge in [0.15, 0.2) is 0 Å². The number of aryl methyl sites for hydroxylation is 1. The van der Waals surface area contributed by atoms with Gasteiger partial charge in [-0.2, -0.15) is 5.10 Å². The van der Waals surface area contributed by atoms with Gasteiger partial charge in [-0.05, 0) is 27.2 Å². The molecular weight excluding hydrogens is 298 g/mol. The van der Waals surface area contributed by atoms with Crippen LogP contribution in [0.5, 0.6) is 0 Å². The van der Waals surface area contributed by atoms with E-state index >= 15 is 0 Å². The number of esters is 1. The van der Waals surface area contributed by atoms with E-state index in [4.69, 9.17) is 9.47 Å². The molecule has 0 saturated carbocycles. The molecule has 1 amide bonds. The lowest BCUT2D eigenvalue weighted by molar-refractivity contribution is -0.148. The number of carbonyl (C=O) groups excluding carboxylic acids is 2. The van der Waals surface area contributed by atoms with Gasteiger partial charge in [0.25, 0.3) is 0 Å². The van der Waals surface area contributed by atoms with Gasteiger partial charge in [-0.15, -0.1) is 0 Å². The minimum Gasteiger partial charge on any atom is -0.458 e. The highest BCUT2D eigenvalue weighted by atomic mass is 16.6. The fraction of sp³-hybridized carbons (Fsp3) is 0.688. The van der Waals surface area contributed by atoms with Gasteiger partial charge in [-0.25, -0.2) is 4.79 Å². The second-order valence-electron chi connectivity index (χ2n) is 6.76. The zero-order valence-corrected chi connectivity index (χ0v) is 13.7. The summed E-state index contributed by atoms with van der Waals surface area (Å²) < 4.78 is 12.8. The van der Waals surface area contributed by atoms with Gasteiger partial charge in [0, 0.05) is 31.3 Å². The van der Waals surface area contributed by atoms with Crippen LogP contribution in [0.4, 0.5) is 0 Å². The number of nitrogens with one attached hydrogen (secondary N) is 1. The lowest BCUT2D eigenvalue weighted by Crippen LogP contribution is -2.42. The fourth-order valence-electron chi connectivity index (χ4n) is 3.23. The Morgan fingerprint density at radius 3 is 2.91 bits per heavy atom. The van der Waals surface area contributed by atoms with E-state index < -0.39 is 11.6 Å². The van der Waals surface area contributed by atoms with Gasteiger partial charge in [0.05, 0.1) is 18.2 Å². The second kappa shape index (κ2) is 5.96. The van der Waals surface area contributed by atoms with Crippen LogP contribution in [0.2, 0.25) is 0 Å². The molecule has 0 aromatic carbocycles. The Morgan fingerprint density at radius 1 is 1.52 bits per heavy atom. The first-order valence-electron chi connectivity index (χ1n) is 8.07. The molecule has 0 unspecified atom stereocenters. The summed E-state index contributed by atoms with van der Waals surface area (Å²) in [5.41, 5.74) is 0.377. The molecule has 1 aromatic rings. The summed E-state index contributed by atoms with van der Waals surface area (Å²) in [5.74, 6) is -0.824. The summed E-state index contributed by atoms with van der Waals surface area (Å²) >= 11 is 0. The molecule has 2 fully saturated rings. The Bertz CT molecular complexity index is 610. The first-order chi connectivity index (χ1) is 10.9. The first kappa shape index (κ1) is 16.0. The van der Waals surface area contributed by atoms with E-state index in [0.29, 0.717) is 19.4 Å². The Balaban J connectivity index is 1.68. The Kier molecular flexibility index (Phi) is 4.14. The molecule has 2 aliphatic heterocycles. The van der Waals surface area contributed by atoms with Crippen molar-refractivity contribution in [2.24, 2.45) is 5.92 Å². The minimum atomic E-state index is -0.572. The van der Waals surface area contributed by atoms with Crippen molar-refractivity contribution in [3.63, 3.8) is 0 Å². The van der Waals surface area contributed by atoms with E-state index in [1.54, 1.807) is 6.20 Å². The number of hydrogen-bond acceptors (Lipinski definition) is 5. The van der Waals surface area contributed by atoms with Crippen LogP contribution >= 0.6 is 0 Å². The maximum absolute atomic E-state index is 12.6. The molecule has 0 bridgehead atoms. The average Bonchev–Trinajstić information content (AvgIpc) is 3.17. The van der Waals surface area contributed by atoms with E-state index in [0.717, 1.165) is 12.1 Å². The maximum Gasteiger partial charge on any atom is 0.329 e. The van der Waals surface area contributed by atoms with Crippen LogP contribution in [-0.2, 0) is 25.6 Å². The number of cyclic esters (lactones) is 1. The summed E-state index contributed by atoms with van der Waals surface area (Å²) in [5, 5.41) is 7.06. The molecule has 2 saturated heterocycles. The van der Waals surface area contributed by atoms with E-state index in [-0.39, 0.29) is 23.9 Å². The molecule has 0 radical (unpaired) electrons. The van der Waals surface area contributed by atoms with Gasteiger partial charge in [0.2, 0.25) is 5.91 Å². The predicted molar refractivity (Wildman–Crippen MR) is 81.4 cm³/mol. The van der Waals surface area contributed by atoms with Crippen molar-refractivity contribution in [1.82, 2.24) is 15.1 Å². The van der Waals surface area contributed by atoms with Crippen LogP contribution in [0, 0.1) is 5.92 Å². The molecule has 23 heavy (non-hydrogen) atoms. The standard InChI is InChI=1S/C16H23N3O4/c1-4-19-9-10(8-17-19)13-11(5-6-22-13)14(20)18-12-7-16(2,3)23-15(12)21/h8-9,11-13H,4-7H2,1-3H3,(H,18,20)/t11-,12+,13+/m0/s1. The molecule has 3 rings (SSSR count). The summed E-state index contributed by atoms with van der Waals surface area (Å²) in [4.78, 5) is 24.4. The van der Waals surface area contributed by atoms with Crippen molar-refractivity contribution in [2.75, 3.05) is 6.61 Å². The number of amides is 1. The number of nitrogens with zero attached hydrogens (tertiary/aromatic N) is 2. The molecule has 0 aliphatic carbocycles. The molecular formula is C16H23N3O4. The van der Waals surface area contributed by atoms with Crippen molar-refractivity contribution in [3.8, 4) is 0 Å². The molecule has 1 N–H and O–H groups in total. The fourth-order valence-corrected chi connectivity index (χ4v) is 3.23. The van der Waals surface area contributed by atoms with Gasteiger partial charge in [0.1, 0.15) is 11.6 Å². The summed E-state index contributed by atoms with van der Waals surface area (Å²) in [6.45, 7) is 6.99. The third-order valence-corrected chi connectivity index (χ3v) is 4.41. The molecule has 1 aromatic heterocycles. The van der Waals surface area contributed by atoms with E-state index in [1.165, 1.54) is 0 Å². The highest BCUT2D eigenvalue weighted by Gasteiger charge is 2.43. The lowest BCUT2D eigenvalue weighted by atomic mass is 9.95. The molecule has 2 aliphatic rings. The largest absolute Gasteiger partial charge is 0.458 e. The van der Waals surface area contributed by atoms with Crippen LogP contribution in [0.15, 0.2) is 12.4 Å². The van der Waals surface area contributed by atoms with Gasteiger partial charge in [-0.1, -0.05) is 0 Å². The maximum atomic E-state index is 12.6.